The fourth-order valence-corrected chi connectivity index (χ4v) is 1.89. The van der Waals surface area contributed by atoms with Crippen molar-refractivity contribution in [3.05, 3.63) is 34.1 Å². The quantitative estimate of drug-likeness (QED) is 0.896. The molecular weight excluding hydrogens is 278 g/mol. The average molecular weight is 293 g/mol. The highest BCUT2D eigenvalue weighted by Crippen LogP contribution is 2.20. The first-order chi connectivity index (χ1) is 8.08. The zero-order valence-electron chi connectivity index (χ0n) is 9.93. The maximum atomic E-state index is 13.2. The van der Waals surface area contributed by atoms with Crippen LogP contribution in [0.5, 0.6) is 0 Å². The minimum absolute atomic E-state index is 0. The number of halogens is 3. The van der Waals surface area contributed by atoms with E-state index in [1.54, 1.807) is 6.92 Å². The first kappa shape index (κ1) is 15.2. The fourth-order valence-electron chi connectivity index (χ4n) is 1.66. The number of amides is 1. The first-order valence-corrected chi connectivity index (χ1v) is 5.90. The van der Waals surface area contributed by atoms with E-state index in [2.05, 4.69) is 10.6 Å². The predicted octanol–water partition coefficient (Wildman–Crippen LogP) is 2.16. The van der Waals surface area contributed by atoms with Crippen LogP contribution in [0.2, 0.25) is 5.02 Å². The lowest BCUT2D eigenvalue weighted by atomic mass is 10.0. The number of nitrogens with one attached hydrogen (secondary N) is 2. The number of hydrogen-bond acceptors (Lipinski definition) is 2. The molecular formula is C12H15Cl2FN2O. The van der Waals surface area contributed by atoms with Crippen molar-refractivity contribution >= 4 is 29.9 Å². The van der Waals surface area contributed by atoms with Gasteiger partial charge in [0, 0.05) is 25.6 Å². The maximum absolute atomic E-state index is 13.2. The van der Waals surface area contributed by atoms with Crippen LogP contribution in [-0.4, -0.2) is 25.5 Å². The van der Waals surface area contributed by atoms with Gasteiger partial charge in [-0.3, -0.25) is 4.79 Å². The van der Waals surface area contributed by atoms with Crippen LogP contribution in [0.15, 0.2) is 12.1 Å². The van der Waals surface area contributed by atoms with Crippen LogP contribution >= 0.6 is 24.0 Å². The Balaban J connectivity index is 0.00000162. The van der Waals surface area contributed by atoms with Crippen LogP contribution in [0, 0.1) is 18.7 Å². The second-order valence-electron chi connectivity index (χ2n) is 4.32. The van der Waals surface area contributed by atoms with Crippen LogP contribution in [0.25, 0.3) is 0 Å². The summed E-state index contributed by atoms with van der Waals surface area (Å²) in [7, 11) is 0. The van der Waals surface area contributed by atoms with Gasteiger partial charge in [0.15, 0.2) is 0 Å². The van der Waals surface area contributed by atoms with Crippen LogP contribution in [0.3, 0.4) is 0 Å². The smallest absolute Gasteiger partial charge is 0.252 e. The highest BCUT2D eigenvalue weighted by atomic mass is 35.5. The van der Waals surface area contributed by atoms with Gasteiger partial charge in [-0.1, -0.05) is 11.6 Å². The fraction of sp³-hybridized carbons (Fsp3) is 0.417. The Kier molecular flexibility index (Phi) is 5.38. The molecule has 2 rings (SSSR count). The maximum Gasteiger partial charge on any atom is 0.252 e. The molecule has 1 fully saturated rings. The van der Waals surface area contributed by atoms with Crippen molar-refractivity contribution in [3.63, 3.8) is 0 Å². The Hall–Kier alpha value is -0.840. The summed E-state index contributed by atoms with van der Waals surface area (Å²) in [6, 6.07) is 2.66. The van der Waals surface area contributed by atoms with E-state index in [4.69, 9.17) is 11.6 Å². The van der Waals surface area contributed by atoms with Gasteiger partial charge in [-0.15, -0.1) is 12.4 Å². The summed E-state index contributed by atoms with van der Waals surface area (Å²) in [5.74, 6) is -0.154. The van der Waals surface area contributed by atoms with Gasteiger partial charge >= 0.3 is 0 Å². The monoisotopic (exact) mass is 292 g/mol. The molecule has 0 bridgehead atoms. The van der Waals surface area contributed by atoms with Gasteiger partial charge in [-0.05, 0) is 24.6 Å². The van der Waals surface area contributed by atoms with E-state index in [0.717, 1.165) is 13.1 Å². The summed E-state index contributed by atoms with van der Waals surface area (Å²) in [4.78, 5) is 11.8. The van der Waals surface area contributed by atoms with Gasteiger partial charge in [-0.2, -0.15) is 0 Å². The van der Waals surface area contributed by atoms with Crippen molar-refractivity contribution < 1.29 is 9.18 Å². The van der Waals surface area contributed by atoms with Gasteiger partial charge in [0.1, 0.15) is 5.82 Å². The number of aryl methyl sites for hydroxylation is 1. The lowest BCUT2D eigenvalue weighted by Crippen LogP contribution is -2.48. The molecule has 0 saturated carbocycles. The number of benzene rings is 1. The number of rotatable bonds is 3. The summed E-state index contributed by atoms with van der Waals surface area (Å²) in [6.07, 6.45) is 0. The summed E-state index contributed by atoms with van der Waals surface area (Å²) in [5.41, 5.74) is 0.753. The molecule has 1 aromatic rings. The lowest BCUT2D eigenvalue weighted by molar-refractivity contribution is 0.0942. The first-order valence-electron chi connectivity index (χ1n) is 5.52. The molecule has 0 aromatic heterocycles. The molecule has 0 radical (unpaired) electrons. The van der Waals surface area contributed by atoms with E-state index in [1.165, 1.54) is 12.1 Å². The molecule has 0 aliphatic carbocycles. The molecule has 0 unspecified atom stereocenters. The molecule has 1 saturated heterocycles. The SMILES string of the molecule is Cc1cc(C(=O)NCC2CNC2)c(Cl)cc1F.Cl. The Bertz CT molecular complexity index is 450. The topological polar surface area (TPSA) is 41.1 Å². The second-order valence-corrected chi connectivity index (χ2v) is 4.72. The summed E-state index contributed by atoms with van der Waals surface area (Å²) in [5, 5.41) is 6.08. The van der Waals surface area contributed by atoms with E-state index in [9.17, 15) is 9.18 Å². The number of carbonyl (C=O) groups excluding carboxylic acids is 1. The van der Waals surface area contributed by atoms with Crippen molar-refractivity contribution in [2.24, 2.45) is 5.92 Å². The molecule has 3 nitrogen and oxygen atoms in total. The summed E-state index contributed by atoms with van der Waals surface area (Å²) in [6.45, 7) is 4.09. The van der Waals surface area contributed by atoms with E-state index in [0.29, 0.717) is 23.6 Å². The summed E-state index contributed by atoms with van der Waals surface area (Å²) < 4.78 is 13.2. The molecule has 6 heteroatoms. The normalized spacial score (nSPS) is 14.6. The second kappa shape index (κ2) is 6.36. The minimum atomic E-state index is -0.394. The van der Waals surface area contributed by atoms with Gasteiger partial charge in [-0.25, -0.2) is 4.39 Å². The third-order valence-corrected chi connectivity index (χ3v) is 3.22. The van der Waals surface area contributed by atoms with Crippen LogP contribution < -0.4 is 10.6 Å². The molecule has 0 atom stereocenters. The highest BCUT2D eigenvalue weighted by Gasteiger charge is 2.19. The third kappa shape index (κ3) is 3.34. The molecule has 1 amide bonds. The molecule has 2 N–H and O–H groups in total. The Morgan fingerprint density at radius 1 is 1.56 bits per heavy atom. The predicted molar refractivity (Wildman–Crippen MR) is 72.1 cm³/mol. The Morgan fingerprint density at radius 3 is 2.78 bits per heavy atom. The zero-order chi connectivity index (χ0) is 12.4. The van der Waals surface area contributed by atoms with Gasteiger partial charge < -0.3 is 10.6 Å². The lowest BCUT2D eigenvalue weighted by Gasteiger charge is -2.27. The van der Waals surface area contributed by atoms with E-state index in [-0.39, 0.29) is 23.3 Å². The van der Waals surface area contributed by atoms with Crippen molar-refractivity contribution in [2.45, 2.75) is 6.92 Å². The van der Waals surface area contributed by atoms with E-state index >= 15 is 0 Å². The Morgan fingerprint density at radius 2 is 2.22 bits per heavy atom. The zero-order valence-corrected chi connectivity index (χ0v) is 11.5. The largest absolute Gasteiger partial charge is 0.352 e. The van der Waals surface area contributed by atoms with Gasteiger partial charge in [0.25, 0.3) is 5.91 Å². The van der Waals surface area contributed by atoms with Crippen molar-refractivity contribution in [2.75, 3.05) is 19.6 Å². The number of carbonyl (C=O) groups is 1. The standard InChI is InChI=1S/C12H14ClFN2O.ClH/c1-7-2-9(10(13)3-11(7)14)12(17)16-6-8-4-15-5-8;/h2-3,8,15H,4-6H2,1H3,(H,16,17);1H. The van der Waals surface area contributed by atoms with Crippen LogP contribution in [0.1, 0.15) is 15.9 Å². The molecule has 18 heavy (non-hydrogen) atoms. The summed E-state index contributed by atoms with van der Waals surface area (Å²) >= 11 is 5.85. The van der Waals surface area contributed by atoms with E-state index < -0.39 is 5.82 Å². The number of hydrogen-bond donors (Lipinski definition) is 2. The minimum Gasteiger partial charge on any atom is -0.352 e. The molecule has 1 aromatic carbocycles. The highest BCUT2D eigenvalue weighted by molar-refractivity contribution is 6.33. The molecule has 1 heterocycles. The van der Waals surface area contributed by atoms with Crippen molar-refractivity contribution in [1.82, 2.24) is 10.6 Å². The van der Waals surface area contributed by atoms with Gasteiger partial charge in [0.2, 0.25) is 0 Å². The van der Waals surface area contributed by atoms with Crippen LogP contribution in [0.4, 0.5) is 4.39 Å². The molecule has 1 aliphatic heterocycles. The van der Waals surface area contributed by atoms with Gasteiger partial charge in [0.05, 0.1) is 10.6 Å². The molecule has 100 valence electrons. The molecule has 0 spiro atoms. The van der Waals surface area contributed by atoms with Crippen molar-refractivity contribution in [3.8, 4) is 0 Å². The average Bonchev–Trinajstić information content (AvgIpc) is 2.21. The third-order valence-electron chi connectivity index (χ3n) is 2.91. The van der Waals surface area contributed by atoms with Crippen LogP contribution in [-0.2, 0) is 0 Å². The Labute approximate surface area is 116 Å². The molecule has 1 aliphatic rings. The van der Waals surface area contributed by atoms with E-state index in [1.807, 2.05) is 0 Å². The van der Waals surface area contributed by atoms with Crippen molar-refractivity contribution in [1.29, 1.82) is 0 Å².